The fourth-order valence-corrected chi connectivity index (χ4v) is 3.60. The molecule has 0 saturated carbocycles. The minimum absolute atomic E-state index is 0.110. The lowest BCUT2D eigenvalue weighted by Gasteiger charge is -2.21. The van der Waals surface area contributed by atoms with Crippen molar-refractivity contribution in [1.29, 1.82) is 10.8 Å². The summed E-state index contributed by atoms with van der Waals surface area (Å²) >= 11 is 1.48. The summed E-state index contributed by atoms with van der Waals surface area (Å²) in [5.74, 6) is 0.489. The molecular weight excluding hydrogens is 312 g/mol. The van der Waals surface area contributed by atoms with Gasteiger partial charge >= 0.3 is 0 Å². The van der Waals surface area contributed by atoms with Crippen LogP contribution in [0, 0.1) is 10.8 Å². The minimum atomic E-state index is -0.110. The lowest BCUT2D eigenvalue weighted by molar-refractivity contribution is 0.108. The second-order valence-corrected chi connectivity index (χ2v) is 6.00. The summed E-state index contributed by atoms with van der Waals surface area (Å²) in [6, 6.07) is 3.76. The van der Waals surface area contributed by atoms with Crippen molar-refractivity contribution >= 4 is 24.2 Å². The van der Waals surface area contributed by atoms with Crippen molar-refractivity contribution in [3.8, 4) is 5.88 Å². The second kappa shape index (κ2) is 6.89. The largest absolute Gasteiger partial charge is 0.493 e. The number of aromatic hydroxyl groups is 1. The predicted molar refractivity (Wildman–Crippen MR) is 88.8 cm³/mol. The molecule has 0 aromatic carbocycles. The highest BCUT2D eigenvalue weighted by Crippen LogP contribution is 2.34. The van der Waals surface area contributed by atoms with Gasteiger partial charge in [0.25, 0.3) is 0 Å². The predicted octanol–water partition coefficient (Wildman–Crippen LogP) is 2.54. The molecule has 1 aliphatic heterocycles. The summed E-state index contributed by atoms with van der Waals surface area (Å²) in [6.45, 7) is 1.03. The number of aromatic nitrogens is 2. The smallest absolute Gasteiger partial charge is 0.221 e. The first-order valence-corrected chi connectivity index (χ1v) is 8.13. The Morgan fingerprint density at radius 3 is 2.96 bits per heavy atom. The Morgan fingerprint density at radius 2 is 2.17 bits per heavy atom. The van der Waals surface area contributed by atoms with Crippen LogP contribution in [0.15, 0.2) is 23.4 Å². The maximum Gasteiger partial charge on any atom is 0.221 e. The van der Waals surface area contributed by atoms with E-state index in [1.165, 1.54) is 18.0 Å². The summed E-state index contributed by atoms with van der Waals surface area (Å²) in [7, 11) is 0. The van der Waals surface area contributed by atoms with Gasteiger partial charge in [0.15, 0.2) is 0 Å². The zero-order valence-electron chi connectivity index (χ0n) is 12.4. The van der Waals surface area contributed by atoms with Crippen LogP contribution in [0.1, 0.15) is 27.9 Å². The molecule has 6 nitrogen and oxygen atoms in total. The first kappa shape index (κ1) is 15.6. The van der Waals surface area contributed by atoms with Crippen LogP contribution >= 0.6 is 11.8 Å². The average molecular weight is 328 g/mol. The van der Waals surface area contributed by atoms with E-state index in [9.17, 15) is 5.11 Å². The molecule has 2 aromatic heterocycles. The van der Waals surface area contributed by atoms with Crippen molar-refractivity contribution < 1.29 is 9.84 Å². The van der Waals surface area contributed by atoms with Crippen molar-refractivity contribution in [3.05, 3.63) is 46.3 Å². The quantitative estimate of drug-likeness (QED) is 0.578. The van der Waals surface area contributed by atoms with Crippen molar-refractivity contribution in [1.82, 2.24) is 9.97 Å². The van der Waals surface area contributed by atoms with Crippen LogP contribution in [-0.2, 0) is 23.5 Å². The molecule has 3 N–H and O–H groups in total. The summed E-state index contributed by atoms with van der Waals surface area (Å²) in [5, 5.41) is 25.7. The first-order valence-electron chi connectivity index (χ1n) is 7.14. The van der Waals surface area contributed by atoms with E-state index < -0.39 is 0 Å². The highest BCUT2D eigenvalue weighted by atomic mass is 32.2. The van der Waals surface area contributed by atoms with Crippen LogP contribution in [0.25, 0.3) is 0 Å². The van der Waals surface area contributed by atoms with Crippen molar-refractivity contribution in [2.75, 3.05) is 6.61 Å². The maximum absolute atomic E-state index is 10.1. The molecule has 0 unspecified atom stereocenters. The van der Waals surface area contributed by atoms with Crippen molar-refractivity contribution in [3.63, 3.8) is 0 Å². The Morgan fingerprint density at radius 1 is 1.30 bits per heavy atom. The third-order valence-corrected chi connectivity index (χ3v) is 4.78. The maximum atomic E-state index is 10.1. The SMILES string of the molecule is N=Cc1ncccc1CSc1nc(O)c(C=N)c2c1COCC2. The number of hydrogen-bond acceptors (Lipinski definition) is 7. The number of nitrogens with one attached hydrogen (secondary N) is 2. The van der Waals surface area contributed by atoms with Gasteiger partial charge in [-0.15, -0.1) is 11.8 Å². The standard InChI is InChI=1S/C16H16N4O2S/c17-6-12-11-3-5-22-8-13(11)16(20-15(12)21)23-9-10-2-1-4-19-14(10)7-18/h1-2,4,6-7,17-18H,3,5,8-9H2,(H,20,21). The third-order valence-electron chi connectivity index (χ3n) is 3.71. The van der Waals surface area contributed by atoms with Gasteiger partial charge in [-0.3, -0.25) is 4.98 Å². The van der Waals surface area contributed by atoms with E-state index in [4.69, 9.17) is 15.6 Å². The average Bonchev–Trinajstić information content (AvgIpc) is 2.60. The number of fused-ring (bicyclic) bond motifs is 1. The van der Waals surface area contributed by atoms with Gasteiger partial charge in [0.1, 0.15) is 5.03 Å². The van der Waals surface area contributed by atoms with Crippen LogP contribution in [-0.4, -0.2) is 34.1 Å². The third kappa shape index (κ3) is 3.11. The number of pyridine rings is 2. The van der Waals surface area contributed by atoms with Gasteiger partial charge in [-0.25, -0.2) is 4.98 Å². The zero-order chi connectivity index (χ0) is 16.2. The van der Waals surface area contributed by atoms with E-state index in [0.717, 1.165) is 22.9 Å². The monoisotopic (exact) mass is 328 g/mol. The molecule has 3 rings (SSSR count). The number of rotatable bonds is 5. The molecule has 0 aliphatic carbocycles. The normalized spacial score (nSPS) is 13.4. The number of thioether (sulfide) groups is 1. The highest BCUT2D eigenvalue weighted by Gasteiger charge is 2.21. The van der Waals surface area contributed by atoms with Crippen LogP contribution < -0.4 is 0 Å². The van der Waals surface area contributed by atoms with E-state index in [2.05, 4.69) is 9.97 Å². The Hall–Kier alpha value is -2.25. The molecule has 0 amide bonds. The molecular formula is C16H16N4O2S. The van der Waals surface area contributed by atoms with Crippen LogP contribution in [0.3, 0.4) is 0 Å². The van der Waals surface area contributed by atoms with Crippen molar-refractivity contribution in [2.24, 2.45) is 0 Å². The van der Waals surface area contributed by atoms with Gasteiger partial charge in [0.05, 0.1) is 24.5 Å². The van der Waals surface area contributed by atoms with E-state index in [1.807, 2.05) is 12.1 Å². The molecule has 0 bridgehead atoms. The van der Waals surface area contributed by atoms with E-state index >= 15 is 0 Å². The Bertz CT molecular complexity index is 764. The molecule has 0 radical (unpaired) electrons. The minimum Gasteiger partial charge on any atom is -0.493 e. The highest BCUT2D eigenvalue weighted by molar-refractivity contribution is 7.98. The van der Waals surface area contributed by atoms with Gasteiger partial charge in [-0.2, -0.15) is 0 Å². The van der Waals surface area contributed by atoms with E-state index in [0.29, 0.717) is 41.7 Å². The van der Waals surface area contributed by atoms with E-state index in [-0.39, 0.29) is 5.88 Å². The Balaban J connectivity index is 1.93. The Labute approximate surface area is 138 Å². The van der Waals surface area contributed by atoms with Crippen LogP contribution in [0.2, 0.25) is 0 Å². The van der Waals surface area contributed by atoms with Gasteiger partial charge < -0.3 is 20.7 Å². The molecule has 0 saturated heterocycles. The lowest BCUT2D eigenvalue weighted by Crippen LogP contribution is -2.15. The zero-order valence-corrected chi connectivity index (χ0v) is 13.2. The molecule has 118 valence electrons. The van der Waals surface area contributed by atoms with Gasteiger partial charge in [0, 0.05) is 29.9 Å². The number of ether oxygens (including phenoxy) is 1. The molecule has 1 aliphatic rings. The molecule has 23 heavy (non-hydrogen) atoms. The Kier molecular flexibility index (Phi) is 4.68. The first-order chi connectivity index (χ1) is 11.2. The summed E-state index contributed by atoms with van der Waals surface area (Å²) < 4.78 is 5.51. The summed E-state index contributed by atoms with van der Waals surface area (Å²) in [6.07, 6.45) is 4.71. The lowest BCUT2D eigenvalue weighted by atomic mass is 10.0. The molecule has 2 aromatic rings. The molecule has 3 heterocycles. The number of hydrogen-bond donors (Lipinski definition) is 3. The molecule has 0 spiro atoms. The van der Waals surface area contributed by atoms with Gasteiger partial charge in [0.2, 0.25) is 5.88 Å². The molecule has 0 fully saturated rings. The molecule has 7 heteroatoms. The van der Waals surface area contributed by atoms with Gasteiger partial charge in [-0.1, -0.05) is 6.07 Å². The summed E-state index contributed by atoms with van der Waals surface area (Å²) in [5.41, 5.74) is 3.94. The van der Waals surface area contributed by atoms with Crippen LogP contribution in [0.4, 0.5) is 0 Å². The fraction of sp³-hybridized carbons (Fsp3) is 0.250. The number of nitrogens with zero attached hydrogens (tertiary/aromatic N) is 2. The van der Waals surface area contributed by atoms with Gasteiger partial charge in [-0.05, 0) is 23.6 Å². The topological polar surface area (TPSA) is 103 Å². The van der Waals surface area contributed by atoms with Crippen molar-refractivity contribution in [2.45, 2.75) is 23.8 Å². The fourth-order valence-electron chi connectivity index (χ4n) is 2.55. The van der Waals surface area contributed by atoms with E-state index in [1.54, 1.807) is 6.20 Å². The molecule has 0 atom stereocenters. The second-order valence-electron chi connectivity index (χ2n) is 5.04. The van der Waals surface area contributed by atoms with Crippen LogP contribution in [0.5, 0.6) is 5.88 Å². The summed E-state index contributed by atoms with van der Waals surface area (Å²) in [4.78, 5) is 8.40.